The molecule has 0 atom stereocenters. The van der Waals surface area contributed by atoms with Crippen LogP contribution >= 0.6 is 35.0 Å². The molecule has 0 aliphatic rings. The van der Waals surface area contributed by atoms with Gasteiger partial charge in [-0.25, -0.2) is 4.79 Å². The zero-order chi connectivity index (χ0) is 13.1. The molecule has 0 amide bonds. The number of benzene rings is 1. The zero-order valence-electron chi connectivity index (χ0n) is 9.02. The molecule has 1 N–H and O–H groups in total. The van der Waals surface area contributed by atoms with E-state index in [4.69, 9.17) is 32.7 Å². The van der Waals surface area contributed by atoms with E-state index in [-0.39, 0.29) is 5.76 Å². The van der Waals surface area contributed by atoms with Crippen LogP contribution in [0.4, 0.5) is 0 Å². The van der Waals surface area contributed by atoms with Crippen LogP contribution in [-0.2, 0) is 5.75 Å². The summed E-state index contributed by atoms with van der Waals surface area (Å²) in [7, 11) is 0. The van der Waals surface area contributed by atoms with Gasteiger partial charge in [0.15, 0.2) is 0 Å². The fourth-order valence-electron chi connectivity index (χ4n) is 1.31. The van der Waals surface area contributed by atoms with Gasteiger partial charge in [-0.15, -0.1) is 11.8 Å². The minimum absolute atomic E-state index is 0.0669. The Bertz CT molecular complexity index is 580. The van der Waals surface area contributed by atoms with Crippen LogP contribution in [0.25, 0.3) is 0 Å². The average molecular weight is 303 g/mol. The van der Waals surface area contributed by atoms with Crippen LogP contribution in [0.2, 0.25) is 10.0 Å². The molecule has 2 aromatic rings. The molecule has 1 aromatic carbocycles. The van der Waals surface area contributed by atoms with E-state index < -0.39 is 5.97 Å². The van der Waals surface area contributed by atoms with Gasteiger partial charge in [0.25, 0.3) is 0 Å². The minimum atomic E-state index is -1.08. The number of aromatic carboxylic acids is 1. The summed E-state index contributed by atoms with van der Waals surface area (Å²) in [5.41, 5.74) is 0. The first-order valence-corrected chi connectivity index (χ1v) is 6.71. The van der Waals surface area contributed by atoms with Crippen molar-refractivity contribution in [1.82, 2.24) is 0 Å². The lowest BCUT2D eigenvalue weighted by Crippen LogP contribution is -1.91. The Labute approximate surface area is 118 Å². The van der Waals surface area contributed by atoms with Crippen molar-refractivity contribution in [3.8, 4) is 0 Å². The topological polar surface area (TPSA) is 50.4 Å². The van der Waals surface area contributed by atoms with Crippen LogP contribution < -0.4 is 0 Å². The first-order valence-electron chi connectivity index (χ1n) is 4.96. The molecule has 1 aromatic heterocycles. The molecule has 18 heavy (non-hydrogen) atoms. The SMILES string of the molecule is O=C(O)c1ccc(CSc2cccc(Cl)c2Cl)o1. The lowest BCUT2D eigenvalue weighted by atomic mass is 10.4. The van der Waals surface area contributed by atoms with Gasteiger partial charge >= 0.3 is 5.97 Å². The number of carboxylic acids is 1. The van der Waals surface area contributed by atoms with Crippen molar-refractivity contribution < 1.29 is 14.3 Å². The maximum atomic E-state index is 10.6. The van der Waals surface area contributed by atoms with E-state index in [0.29, 0.717) is 21.6 Å². The van der Waals surface area contributed by atoms with Gasteiger partial charge in [-0.3, -0.25) is 0 Å². The van der Waals surface area contributed by atoms with Gasteiger partial charge in [0.2, 0.25) is 5.76 Å². The fraction of sp³-hybridized carbons (Fsp3) is 0.0833. The highest BCUT2D eigenvalue weighted by molar-refractivity contribution is 7.98. The third kappa shape index (κ3) is 3.02. The molecule has 0 aliphatic heterocycles. The van der Waals surface area contributed by atoms with Gasteiger partial charge in [0.05, 0.1) is 15.8 Å². The van der Waals surface area contributed by atoms with E-state index in [9.17, 15) is 4.79 Å². The summed E-state index contributed by atoms with van der Waals surface area (Å²) in [6.45, 7) is 0. The van der Waals surface area contributed by atoms with Crippen LogP contribution in [0.1, 0.15) is 16.3 Å². The van der Waals surface area contributed by atoms with Crippen molar-refractivity contribution in [2.45, 2.75) is 10.6 Å². The van der Waals surface area contributed by atoms with Gasteiger partial charge in [-0.2, -0.15) is 0 Å². The quantitative estimate of drug-likeness (QED) is 0.840. The third-order valence-electron chi connectivity index (χ3n) is 2.16. The number of carboxylic acid groups (broad SMARTS) is 1. The number of thioether (sulfide) groups is 1. The van der Waals surface area contributed by atoms with E-state index in [1.165, 1.54) is 17.8 Å². The third-order valence-corrected chi connectivity index (χ3v) is 4.17. The van der Waals surface area contributed by atoms with Crippen molar-refractivity contribution in [3.63, 3.8) is 0 Å². The largest absolute Gasteiger partial charge is 0.475 e. The van der Waals surface area contributed by atoms with Crippen LogP contribution in [0.15, 0.2) is 39.6 Å². The van der Waals surface area contributed by atoms with Crippen molar-refractivity contribution in [2.75, 3.05) is 0 Å². The predicted octanol–water partition coefficient (Wildman–Crippen LogP) is 4.58. The summed E-state index contributed by atoms with van der Waals surface area (Å²) < 4.78 is 5.14. The summed E-state index contributed by atoms with van der Waals surface area (Å²) in [4.78, 5) is 11.5. The number of rotatable bonds is 4. The molecule has 94 valence electrons. The van der Waals surface area contributed by atoms with Crippen molar-refractivity contribution in [3.05, 3.63) is 51.9 Å². The molecule has 3 nitrogen and oxygen atoms in total. The van der Waals surface area contributed by atoms with E-state index >= 15 is 0 Å². The van der Waals surface area contributed by atoms with Gasteiger partial charge in [0, 0.05) is 4.90 Å². The Hall–Kier alpha value is -1.10. The molecule has 0 fully saturated rings. The van der Waals surface area contributed by atoms with Crippen LogP contribution in [0.5, 0.6) is 0 Å². The van der Waals surface area contributed by atoms with Gasteiger partial charge in [-0.1, -0.05) is 29.3 Å². The second-order valence-electron chi connectivity index (χ2n) is 3.41. The first kappa shape index (κ1) is 13.3. The highest BCUT2D eigenvalue weighted by atomic mass is 35.5. The van der Waals surface area contributed by atoms with E-state index in [1.807, 2.05) is 6.07 Å². The highest BCUT2D eigenvalue weighted by Crippen LogP contribution is 2.34. The van der Waals surface area contributed by atoms with Crippen molar-refractivity contribution in [2.24, 2.45) is 0 Å². The number of carbonyl (C=O) groups is 1. The smallest absolute Gasteiger partial charge is 0.371 e. The average Bonchev–Trinajstić information content (AvgIpc) is 2.80. The normalized spacial score (nSPS) is 10.6. The summed E-state index contributed by atoms with van der Waals surface area (Å²) in [6, 6.07) is 8.43. The first-order chi connectivity index (χ1) is 8.58. The van der Waals surface area contributed by atoms with E-state index in [0.717, 1.165) is 4.90 Å². The van der Waals surface area contributed by atoms with Crippen LogP contribution in [-0.4, -0.2) is 11.1 Å². The molecule has 6 heteroatoms. The molecule has 0 saturated heterocycles. The molecule has 0 saturated carbocycles. The second-order valence-corrected chi connectivity index (χ2v) is 5.21. The Morgan fingerprint density at radius 2 is 2.06 bits per heavy atom. The standard InChI is InChI=1S/C12H8Cl2O3S/c13-8-2-1-3-10(11(8)14)18-6-7-4-5-9(17-7)12(15)16/h1-5H,6H2,(H,15,16). The van der Waals surface area contributed by atoms with Crippen molar-refractivity contribution in [1.29, 1.82) is 0 Å². The fourth-order valence-corrected chi connectivity index (χ4v) is 2.70. The Balaban J connectivity index is 2.07. The van der Waals surface area contributed by atoms with Crippen LogP contribution in [0, 0.1) is 0 Å². The molecule has 2 rings (SSSR count). The minimum Gasteiger partial charge on any atom is -0.475 e. The number of hydrogen-bond donors (Lipinski definition) is 1. The molecular formula is C12H8Cl2O3S. The summed E-state index contributed by atoms with van der Waals surface area (Å²) in [5.74, 6) is -0.0730. The molecule has 0 aliphatic carbocycles. The predicted molar refractivity (Wildman–Crippen MR) is 71.7 cm³/mol. The van der Waals surface area contributed by atoms with E-state index in [1.54, 1.807) is 18.2 Å². The lowest BCUT2D eigenvalue weighted by Gasteiger charge is -2.03. The molecule has 0 spiro atoms. The highest BCUT2D eigenvalue weighted by Gasteiger charge is 2.10. The Morgan fingerprint density at radius 1 is 1.28 bits per heavy atom. The van der Waals surface area contributed by atoms with Crippen LogP contribution in [0.3, 0.4) is 0 Å². The van der Waals surface area contributed by atoms with Gasteiger partial charge in [0.1, 0.15) is 5.76 Å². The Morgan fingerprint density at radius 3 is 2.72 bits per heavy atom. The Kier molecular flexibility index (Phi) is 4.22. The summed E-state index contributed by atoms with van der Waals surface area (Å²) in [6.07, 6.45) is 0. The maximum absolute atomic E-state index is 10.6. The molecule has 0 unspecified atom stereocenters. The second kappa shape index (κ2) is 5.69. The number of furan rings is 1. The van der Waals surface area contributed by atoms with Crippen molar-refractivity contribution >= 4 is 40.9 Å². The maximum Gasteiger partial charge on any atom is 0.371 e. The van der Waals surface area contributed by atoms with E-state index in [2.05, 4.69) is 0 Å². The molecular weight excluding hydrogens is 295 g/mol. The molecule has 1 heterocycles. The van der Waals surface area contributed by atoms with Gasteiger partial charge in [-0.05, 0) is 24.3 Å². The van der Waals surface area contributed by atoms with Gasteiger partial charge < -0.3 is 9.52 Å². The number of hydrogen-bond acceptors (Lipinski definition) is 3. The monoisotopic (exact) mass is 302 g/mol. The lowest BCUT2D eigenvalue weighted by molar-refractivity contribution is 0.0661. The summed E-state index contributed by atoms with van der Waals surface area (Å²) in [5, 5.41) is 9.71. The number of halogens is 2. The molecule has 0 radical (unpaired) electrons. The molecule has 0 bridgehead atoms. The summed E-state index contributed by atoms with van der Waals surface area (Å²) >= 11 is 13.4. The zero-order valence-corrected chi connectivity index (χ0v) is 11.4.